The van der Waals surface area contributed by atoms with E-state index >= 15 is 0 Å². The molecule has 2 heterocycles. The van der Waals surface area contributed by atoms with E-state index in [9.17, 15) is 18.0 Å². The molecule has 2 aliphatic rings. The van der Waals surface area contributed by atoms with Gasteiger partial charge in [-0.1, -0.05) is 6.08 Å². The maximum absolute atomic E-state index is 13.6. The standard InChI is InChI=1S/C19H22F3NO3/c1-18(2,3)26-17(24)23-10-13-8-15(12-4-6-25-7-5-12)16(19(20,21)22)9-14(13)11-23/h4,8-9H,5-7,10-11H2,1-3H3. The fourth-order valence-electron chi connectivity index (χ4n) is 3.18. The maximum atomic E-state index is 13.6. The molecule has 0 aromatic heterocycles. The van der Waals surface area contributed by atoms with E-state index in [0.29, 0.717) is 30.8 Å². The molecule has 0 atom stereocenters. The van der Waals surface area contributed by atoms with Gasteiger partial charge in [-0.3, -0.25) is 4.90 Å². The second kappa shape index (κ2) is 6.61. The number of halogens is 3. The number of amides is 1. The van der Waals surface area contributed by atoms with Crippen molar-refractivity contribution in [2.24, 2.45) is 0 Å². The fourth-order valence-corrected chi connectivity index (χ4v) is 3.18. The Kier molecular flexibility index (Phi) is 4.77. The van der Waals surface area contributed by atoms with Gasteiger partial charge in [0.05, 0.1) is 18.8 Å². The quantitative estimate of drug-likeness (QED) is 0.716. The lowest BCUT2D eigenvalue weighted by molar-refractivity contribution is -0.137. The summed E-state index contributed by atoms with van der Waals surface area (Å²) in [4.78, 5) is 13.7. The van der Waals surface area contributed by atoms with Crippen LogP contribution in [0.5, 0.6) is 0 Å². The molecular weight excluding hydrogens is 347 g/mol. The molecule has 1 aromatic carbocycles. The molecule has 0 saturated heterocycles. The minimum Gasteiger partial charge on any atom is -0.444 e. The number of carbonyl (C=O) groups is 1. The minimum absolute atomic E-state index is 0.121. The molecule has 142 valence electrons. The summed E-state index contributed by atoms with van der Waals surface area (Å²) < 4.78 is 51.3. The zero-order valence-corrected chi connectivity index (χ0v) is 15.1. The van der Waals surface area contributed by atoms with E-state index in [0.717, 1.165) is 5.56 Å². The van der Waals surface area contributed by atoms with E-state index in [1.807, 2.05) is 0 Å². The SMILES string of the molecule is CC(C)(C)OC(=O)N1Cc2cc(C3=CCOCC3)c(C(F)(F)F)cc2C1. The van der Waals surface area contributed by atoms with Crippen molar-refractivity contribution in [1.29, 1.82) is 0 Å². The average molecular weight is 369 g/mol. The first-order chi connectivity index (χ1) is 12.0. The summed E-state index contributed by atoms with van der Waals surface area (Å²) in [6.07, 6.45) is -2.84. The van der Waals surface area contributed by atoms with Crippen LogP contribution in [0.15, 0.2) is 18.2 Å². The Balaban J connectivity index is 1.93. The van der Waals surface area contributed by atoms with Crippen molar-refractivity contribution < 1.29 is 27.4 Å². The molecule has 0 saturated carbocycles. The van der Waals surface area contributed by atoms with E-state index < -0.39 is 23.4 Å². The van der Waals surface area contributed by atoms with Crippen molar-refractivity contribution in [2.45, 2.75) is 52.1 Å². The van der Waals surface area contributed by atoms with Crippen LogP contribution in [0.25, 0.3) is 5.57 Å². The van der Waals surface area contributed by atoms with E-state index in [-0.39, 0.29) is 18.7 Å². The molecule has 7 heteroatoms. The third kappa shape index (κ3) is 4.03. The highest BCUT2D eigenvalue weighted by atomic mass is 19.4. The zero-order chi connectivity index (χ0) is 19.1. The predicted octanol–water partition coefficient (Wildman–Crippen LogP) is 4.76. The number of hydrogen-bond donors (Lipinski definition) is 0. The monoisotopic (exact) mass is 369 g/mol. The highest BCUT2D eigenvalue weighted by molar-refractivity contribution is 5.73. The molecule has 0 unspecified atom stereocenters. The van der Waals surface area contributed by atoms with Gasteiger partial charge in [0.25, 0.3) is 0 Å². The van der Waals surface area contributed by atoms with Crippen LogP contribution in [0, 0.1) is 0 Å². The Labute approximate surface area is 150 Å². The molecule has 0 N–H and O–H groups in total. The highest BCUT2D eigenvalue weighted by Gasteiger charge is 2.37. The highest BCUT2D eigenvalue weighted by Crippen LogP contribution is 2.40. The van der Waals surface area contributed by atoms with Crippen LogP contribution in [-0.2, 0) is 28.7 Å². The first-order valence-corrected chi connectivity index (χ1v) is 8.53. The molecule has 26 heavy (non-hydrogen) atoms. The minimum atomic E-state index is -4.46. The molecule has 0 spiro atoms. The number of benzene rings is 1. The molecule has 0 bridgehead atoms. The molecule has 0 aliphatic carbocycles. The van der Waals surface area contributed by atoms with Gasteiger partial charge in [-0.2, -0.15) is 13.2 Å². The summed E-state index contributed by atoms with van der Waals surface area (Å²) in [6, 6.07) is 2.74. The maximum Gasteiger partial charge on any atom is 0.417 e. The van der Waals surface area contributed by atoms with Crippen molar-refractivity contribution in [3.63, 3.8) is 0 Å². The van der Waals surface area contributed by atoms with Crippen molar-refractivity contribution in [3.8, 4) is 0 Å². The topological polar surface area (TPSA) is 38.8 Å². The van der Waals surface area contributed by atoms with Gasteiger partial charge >= 0.3 is 12.3 Å². The number of hydrogen-bond acceptors (Lipinski definition) is 3. The Hall–Kier alpha value is -2.02. The Morgan fingerprint density at radius 1 is 1.15 bits per heavy atom. The van der Waals surface area contributed by atoms with E-state index in [4.69, 9.17) is 9.47 Å². The Morgan fingerprint density at radius 2 is 1.81 bits per heavy atom. The van der Waals surface area contributed by atoms with Gasteiger partial charge < -0.3 is 9.47 Å². The average Bonchev–Trinajstić information content (AvgIpc) is 2.95. The van der Waals surface area contributed by atoms with E-state index in [2.05, 4.69) is 0 Å². The van der Waals surface area contributed by atoms with Crippen LogP contribution < -0.4 is 0 Å². The van der Waals surface area contributed by atoms with Crippen LogP contribution in [0.3, 0.4) is 0 Å². The smallest absolute Gasteiger partial charge is 0.417 e. The van der Waals surface area contributed by atoms with Crippen molar-refractivity contribution in [3.05, 3.63) is 40.5 Å². The van der Waals surface area contributed by atoms with Gasteiger partial charge in [0.1, 0.15) is 5.60 Å². The van der Waals surface area contributed by atoms with Gasteiger partial charge in [0.2, 0.25) is 0 Å². The largest absolute Gasteiger partial charge is 0.444 e. The Bertz CT molecular complexity index is 748. The number of ether oxygens (including phenoxy) is 2. The molecule has 0 radical (unpaired) electrons. The third-order valence-corrected chi connectivity index (χ3v) is 4.33. The number of carbonyl (C=O) groups excluding carboxylic acids is 1. The summed E-state index contributed by atoms with van der Waals surface area (Å²) in [7, 11) is 0. The lowest BCUT2D eigenvalue weighted by atomic mass is 9.92. The number of fused-ring (bicyclic) bond motifs is 1. The Morgan fingerprint density at radius 3 is 2.35 bits per heavy atom. The van der Waals surface area contributed by atoms with Crippen molar-refractivity contribution >= 4 is 11.7 Å². The van der Waals surface area contributed by atoms with Crippen molar-refractivity contribution in [2.75, 3.05) is 13.2 Å². The van der Waals surface area contributed by atoms with Gasteiger partial charge in [-0.25, -0.2) is 4.79 Å². The fraction of sp³-hybridized carbons (Fsp3) is 0.526. The normalized spacial score (nSPS) is 17.8. The van der Waals surface area contributed by atoms with Crippen LogP contribution >= 0.6 is 0 Å². The number of alkyl halides is 3. The van der Waals surface area contributed by atoms with Crippen LogP contribution in [-0.4, -0.2) is 29.8 Å². The summed E-state index contributed by atoms with van der Waals surface area (Å²) in [5.41, 5.74) is 0.759. The second-order valence-corrected chi connectivity index (χ2v) is 7.55. The van der Waals surface area contributed by atoms with Crippen molar-refractivity contribution in [1.82, 2.24) is 4.90 Å². The first-order valence-electron chi connectivity index (χ1n) is 8.53. The van der Waals surface area contributed by atoms with E-state index in [1.54, 1.807) is 32.9 Å². The third-order valence-electron chi connectivity index (χ3n) is 4.33. The van der Waals surface area contributed by atoms with Crippen LogP contribution in [0.2, 0.25) is 0 Å². The summed E-state index contributed by atoms with van der Waals surface area (Å²) in [6.45, 7) is 6.36. The first kappa shape index (κ1) is 18.8. The molecule has 1 amide bonds. The number of rotatable bonds is 1. The summed E-state index contributed by atoms with van der Waals surface area (Å²) in [5.74, 6) is 0. The molecule has 4 nitrogen and oxygen atoms in total. The molecule has 3 rings (SSSR count). The lowest BCUT2D eigenvalue weighted by Crippen LogP contribution is -2.33. The summed E-state index contributed by atoms with van der Waals surface area (Å²) in [5, 5.41) is 0. The molecular formula is C19H22F3NO3. The van der Waals surface area contributed by atoms with Gasteiger partial charge in [0.15, 0.2) is 0 Å². The van der Waals surface area contributed by atoms with Gasteiger partial charge in [0, 0.05) is 13.1 Å². The summed E-state index contributed by atoms with van der Waals surface area (Å²) >= 11 is 0. The zero-order valence-electron chi connectivity index (χ0n) is 15.1. The lowest BCUT2D eigenvalue weighted by Gasteiger charge is -2.24. The van der Waals surface area contributed by atoms with Crippen LogP contribution in [0.1, 0.15) is 49.4 Å². The predicted molar refractivity (Wildman–Crippen MR) is 90.3 cm³/mol. The number of nitrogens with zero attached hydrogens (tertiary/aromatic N) is 1. The molecule has 0 fully saturated rings. The molecule has 2 aliphatic heterocycles. The second-order valence-electron chi connectivity index (χ2n) is 7.55. The van der Waals surface area contributed by atoms with Gasteiger partial charge in [-0.15, -0.1) is 0 Å². The van der Waals surface area contributed by atoms with Gasteiger partial charge in [-0.05, 0) is 61.6 Å². The molecule has 1 aromatic rings. The van der Waals surface area contributed by atoms with Crippen LogP contribution in [0.4, 0.5) is 18.0 Å². The van der Waals surface area contributed by atoms with E-state index in [1.165, 1.54) is 11.0 Å².